The van der Waals surface area contributed by atoms with E-state index in [1.165, 1.54) is 0 Å². The van der Waals surface area contributed by atoms with Crippen LogP contribution in [0.5, 0.6) is 5.75 Å². The summed E-state index contributed by atoms with van der Waals surface area (Å²) in [4.78, 5) is 0. The van der Waals surface area contributed by atoms with E-state index in [-0.39, 0.29) is 6.29 Å². The van der Waals surface area contributed by atoms with E-state index in [1.54, 1.807) is 0 Å². The Bertz CT molecular complexity index is 345. The zero-order valence-corrected chi connectivity index (χ0v) is 10.7. The Morgan fingerprint density at radius 1 is 1.38 bits per heavy atom. The Labute approximate surface area is 104 Å². The molecule has 0 spiro atoms. The number of hydrogen-bond acceptors (Lipinski definition) is 3. The second-order valence-electron chi connectivity index (χ2n) is 3.22. The average Bonchev–Trinajstić information content (AvgIpc) is 2.29. The summed E-state index contributed by atoms with van der Waals surface area (Å²) < 4.78 is 10.9. The maximum atomic E-state index is 8.53. The van der Waals surface area contributed by atoms with Crippen LogP contribution in [0.3, 0.4) is 0 Å². The van der Waals surface area contributed by atoms with Crippen molar-refractivity contribution in [2.75, 3.05) is 11.9 Å². The van der Waals surface area contributed by atoms with Crippen LogP contribution in [0.4, 0.5) is 0 Å². The highest BCUT2D eigenvalue weighted by Gasteiger charge is 2.03. The van der Waals surface area contributed by atoms with Crippen LogP contribution in [0.25, 0.3) is 0 Å². The number of ether oxygens (including phenoxy) is 2. The Morgan fingerprint density at radius 3 is 2.62 bits per heavy atom. The number of hydrogen-bond donors (Lipinski definition) is 0. The van der Waals surface area contributed by atoms with Crippen molar-refractivity contribution >= 4 is 15.9 Å². The average molecular weight is 284 g/mol. The van der Waals surface area contributed by atoms with Gasteiger partial charge in [-0.05, 0) is 24.6 Å². The molecular formula is C12H14BrNO2. The molecule has 0 fully saturated rings. The number of nitrogens with zero attached hydrogens (tertiary/aromatic N) is 1. The van der Waals surface area contributed by atoms with Gasteiger partial charge in [0.2, 0.25) is 0 Å². The molecule has 1 aromatic carbocycles. The standard InChI is InChI=1S/C12H14BrNO2/c1-10(15-9-7-13)16-12-4-2-11(3-5-12)6-8-14/h2-5,10H,6-7,9H2,1H3. The van der Waals surface area contributed by atoms with Crippen molar-refractivity contribution in [1.29, 1.82) is 5.26 Å². The monoisotopic (exact) mass is 283 g/mol. The van der Waals surface area contributed by atoms with Crippen molar-refractivity contribution < 1.29 is 9.47 Å². The van der Waals surface area contributed by atoms with Gasteiger partial charge < -0.3 is 9.47 Å². The fourth-order valence-corrected chi connectivity index (χ4v) is 1.40. The molecule has 0 saturated heterocycles. The van der Waals surface area contributed by atoms with Gasteiger partial charge in [-0.1, -0.05) is 28.1 Å². The van der Waals surface area contributed by atoms with Crippen LogP contribution in [0.15, 0.2) is 24.3 Å². The molecule has 1 aromatic rings. The molecule has 0 aromatic heterocycles. The normalized spacial score (nSPS) is 11.8. The topological polar surface area (TPSA) is 42.2 Å². The van der Waals surface area contributed by atoms with Crippen molar-refractivity contribution in [2.45, 2.75) is 19.6 Å². The van der Waals surface area contributed by atoms with E-state index in [0.29, 0.717) is 13.0 Å². The first kappa shape index (κ1) is 13.0. The second-order valence-corrected chi connectivity index (χ2v) is 4.02. The minimum absolute atomic E-state index is 0.264. The Balaban J connectivity index is 2.45. The lowest BCUT2D eigenvalue weighted by atomic mass is 10.2. The Hall–Kier alpha value is -1.05. The molecule has 0 radical (unpaired) electrons. The third-order valence-electron chi connectivity index (χ3n) is 1.94. The number of rotatable bonds is 6. The lowest BCUT2D eigenvalue weighted by Gasteiger charge is -2.14. The summed E-state index contributed by atoms with van der Waals surface area (Å²) in [5.41, 5.74) is 0.990. The summed E-state index contributed by atoms with van der Waals surface area (Å²) in [5.74, 6) is 0.753. The fraction of sp³-hybridized carbons (Fsp3) is 0.417. The zero-order chi connectivity index (χ0) is 11.8. The van der Waals surface area contributed by atoms with Crippen LogP contribution in [0.1, 0.15) is 12.5 Å². The summed E-state index contributed by atoms with van der Waals surface area (Å²) in [7, 11) is 0. The minimum Gasteiger partial charge on any atom is -0.465 e. The van der Waals surface area contributed by atoms with Crippen LogP contribution < -0.4 is 4.74 Å². The summed E-state index contributed by atoms with van der Waals surface area (Å²) in [6.45, 7) is 2.47. The third kappa shape index (κ3) is 4.65. The van der Waals surface area contributed by atoms with Crippen LogP contribution in [0, 0.1) is 11.3 Å². The highest BCUT2D eigenvalue weighted by atomic mass is 79.9. The van der Waals surface area contributed by atoms with E-state index in [4.69, 9.17) is 14.7 Å². The highest BCUT2D eigenvalue weighted by molar-refractivity contribution is 9.09. The van der Waals surface area contributed by atoms with E-state index in [9.17, 15) is 0 Å². The van der Waals surface area contributed by atoms with E-state index < -0.39 is 0 Å². The molecule has 4 heteroatoms. The van der Waals surface area contributed by atoms with Gasteiger partial charge in [0.15, 0.2) is 6.29 Å². The molecule has 0 saturated carbocycles. The molecule has 1 atom stereocenters. The number of alkyl halides is 1. The van der Waals surface area contributed by atoms with Gasteiger partial charge in [0.1, 0.15) is 5.75 Å². The molecular weight excluding hydrogens is 270 g/mol. The lowest BCUT2D eigenvalue weighted by molar-refractivity contribution is -0.0599. The van der Waals surface area contributed by atoms with Crippen LogP contribution >= 0.6 is 15.9 Å². The second kappa shape index (κ2) is 7.26. The van der Waals surface area contributed by atoms with E-state index in [1.807, 2.05) is 31.2 Å². The minimum atomic E-state index is -0.264. The summed E-state index contributed by atoms with van der Waals surface area (Å²) in [5, 5.41) is 9.32. The van der Waals surface area contributed by atoms with E-state index in [0.717, 1.165) is 16.6 Å². The zero-order valence-electron chi connectivity index (χ0n) is 9.15. The van der Waals surface area contributed by atoms with Crippen molar-refractivity contribution in [3.63, 3.8) is 0 Å². The Kier molecular flexibility index (Phi) is 5.91. The van der Waals surface area contributed by atoms with Crippen molar-refractivity contribution in [3.05, 3.63) is 29.8 Å². The number of nitriles is 1. The molecule has 0 aliphatic heterocycles. The largest absolute Gasteiger partial charge is 0.465 e. The van der Waals surface area contributed by atoms with Crippen LogP contribution in [-0.4, -0.2) is 18.2 Å². The smallest absolute Gasteiger partial charge is 0.197 e. The van der Waals surface area contributed by atoms with Crippen molar-refractivity contribution in [2.24, 2.45) is 0 Å². The van der Waals surface area contributed by atoms with E-state index in [2.05, 4.69) is 22.0 Å². The quantitative estimate of drug-likeness (QED) is 0.596. The molecule has 0 heterocycles. The summed E-state index contributed by atoms with van der Waals surface area (Å²) in [6.07, 6.45) is 0.162. The summed E-state index contributed by atoms with van der Waals surface area (Å²) in [6, 6.07) is 9.57. The van der Waals surface area contributed by atoms with Crippen LogP contribution in [0.2, 0.25) is 0 Å². The molecule has 0 N–H and O–H groups in total. The maximum Gasteiger partial charge on any atom is 0.197 e. The van der Waals surface area contributed by atoms with Crippen LogP contribution in [-0.2, 0) is 11.2 Å². The fourth-order valence-electron chi connectivity index (χ4n) is 1.21. The third-order valence-corrected chi connectivity index (χ3v) is 2.26. The predicted octanol–water partition coefficient (Wildman–Crippen LogP) is 2.89. The van der Waals surface area contributed by atoms with Crippen molar-refractivity contribution in [3.8, 4) is 11.8 Å². The molecule has 0 aliphatic carbocycles. The first-order chi connectivity index (χ1) is 7.76. The Morgan fingerprint density at radius 2 is 2.06 bits per heavy atom. The first-order valence-electron chi connectivity index (χ1n) is 5.06. The van der Waals surface area contributed by atoms with Gasteiger partial charge in [0, 0.05) is 5.33 Å². The lowest BCUT2D eigenvalue weighted by Crippen LogP contribution is -2.17. The maximum absolute atomic E-state index is 8.53. The van der Waals surface area contributed by atoms with Gasteiger partial charge in [-0.2, -0.15) is 5.26 Å². The molecule has 16 heavy (non-hydrogen) atoms. The van der Waals surface area contributed by atoms with E-state index >= 15 is 0 Å². The van der Waals surface area contributed by atoms with Gasteiger partial charge in [0.05, 0.1) is 19.1 Å². The molecule has 0 bridgehead atoms. The molecule has 0 aliphatic rings. The van der Waals surface area contributed by atoms with Gasteiger partial charge in [-0.25, -0.2) is 0 Å². The SMILES string of the molecule is CC(OCCBr)Oc1ccc(CC#N)cc1. The predicted molar refractivity (Wildman–Crippen MR) is 65.6 cm³/mol. The molecule has 0 amide bonds. The van der Waals surface area contributed by atoms with Gasteiger partial charge >= 0.3 is 0 Å². The van der Waals surface area contributed by atoms with Crippen molar-refractivity contribution in [1.82, 2.24) is 0 Å². The summed E-state index contributed by atoms with van der Waals surface area (Å²) >= 11 is 3.28. The molecule has 86 valence electrons. The van der Waals surface area contributed by atoms with Gasteiger partial charge in [0.25, 0.3) is 0 Å². The number of benzene rings is 1. The highest BCUT2D eigenvalue weighted by Crippen LogP contribution is 2.14. The first-order valence-corrected chi connectivity index (χ1v) is 6.18. The number of halogens is 1. The molecule has 1 unspecified atom stereocenters. The molecule has 1 rings (SSSR count). The molecule has 3 nitrogen and oxygen atoms in total. The van der Waals surface area contributed by atoms with Gasteiger partial charge in [-0.3, -0.25) is 0 Å². The van der Waals surface area contributed by atoms with Gasteiger partial charge in [-0.15, -0.1) is 0 Å².